The average Bonchev–Trinajstić information content (AvgIpc) is 2.55. The van der Waals surface area contributed by atoms with E-state index in [0.29, 0.717) is 24.5 Å². The molecule has 1 unspecified atom stereocenters. The van der Waals surface area contributed by atoms with E-state index in [1.807, 2.05) is 13.8 Å². The van der Waals surface area contributed by atoms with Crippen LogP contribution in [0.25, 0.3) is 0 Å². The van der Waals surface area contributed by atoms with Crippen molar-refractivity contribution in [2.75, 3.05) is 24.6 Å². The number of benzene rings is 1. The maximum atomic E-state index is 11.5. The highest BCUT2D eigenvalue weighted by molar-refractivity contribution is 5.86. The molecule has 1 aromatic carbocycles. The fraction of sp³-hybridized carbons (Fsp3) is 0.611. The largest absolute Gasteiger partial charge is 0.530 e. The molecule has 136 valence electrons. The summed E-state index contributed by atoms with van der Waals surface area (Å²) in [4.78, 5) is 12.7. The second-order valence-electron chi connectivity index (χ2n) is 6.12. The van der Waals surface area contributed by atoms with Crippen LogP contribution in [0.3, 0.4) is 0 Å². The molecule has 1 aromatic rings. The third-order valence-corrected chi connectivity index (χ3v) is 3.55. The summed E-state index contributed by atoms with van der Waals surface area (Å²) in [6.07, 6.45) is 0.807. The molecule has 0 spiro atoms. The number of para-hydroxylation sites is 2. The topological polar surface area (TPSA) is 84.9 Å². The van der Waals surface area contributed by atoms with Gasteiger partial charge in [0.15, 0.2) is 0 Å². The minimum Gasteiger partial charge on any atom is -0.530 e. The Morgan fingerprint density at radius 2 is 2.04 bits per heavy atom. The first kappa shape index (κ1) is 20.3. The Kier molecular flexibility index (Phi) is 9.19. The van der Waals surface area contributed by atoms with Crippen molar-refractivity contribution in [3.05, 3.63) is 24.3 Å². The summed E-state index contributed by atoms with van der Waals surface area (Å²) in [6.45, 7) is 6.93. The number of amides is 1. The minimum atomic E-state index is -1.25. The van der Waals surface area contributed by atoms with Gasteiger partial charge in [-0.2, -0.15) is 0 Å². The number of anilines is 1. The van der Waals surface area contributed by atoms with Crippen molar-refractivity contribution in [3.8, 4) is 5.75 Å². The lowest BCUT2D eigenvalue weighted by Crippen LogP contribution is -2.42. The van der Waals surface area contributed by atoms with E-state index in [9.17, 15) is 15.0 Å². The maximum absolute atomic E-state index is 11.5. The van der Waals surface area contributed by atoms with Crippen LogP contribution in [0.1, 0.15) is 40.0 Å². The number of nitrogens with one attached hydrogen (secondary N) is 1. The molecule has 0 saturated carbocycles. The Morgan fingerprint density at radius 1 is 1.33 bits per heavy atom. The fourth-order valence-electron chi connectivity index (χ4n) is 2.25. The van der Waals surface area contributed by atoms with Crippen LogP contribution in [0, 0.1) is 0 Å². The number of hydrogen-bond acceptors (Lipinski definition) is 5. The summed E-state index contributed by atoms with van der Waals surface area (Å²) < 4.78 is 5.65. The summed E-state index contributed by atoms with van der Waals surface area (Å²) in [5, 5.41) is 24.5. The van der Waals surface area contributed by atoms with E-state index in [0.717, 1.165) is 19.3 Å². The Morgan fingerprint density at radius 3 is 2.67 bits per heavy atom. The van der Waals surface area contributed by atoms with Gasteiger partial charge in [0.1, 0.15) is 24.6 Å². The van der Waals surface area contributed by atoms with Crippen molar-refractivity contribution < 1.29 is 19.7 Å². The van der Waals surface area contributed by atoms with Gasteiger partial charge in [-0.25, -0.2) is 0 Å². The zero-order valence-electron chi connectivity index (χ0n) is 14.8. The van der Waals surface area contributed by atoms with Crippen molar-refractivity contribution in [1.82, 2.24) is 5.32 Å². The lowest BCUT2D eigenvalue weighted by Gasteiger charge is -2.27. The van der Waals surface area contributed by atoms with Crippen LogP contribution in [0.4, 0.5) is 10.5 Å². The molecular formula is C18H29N2O4-. The SMILES string of the molecule is CCCCCN(C(=O)[O-])c1ccccc1OCC(O)CNC(C)C. The summed E-state index contributed by atoms with van der Waals surface area (Å²) in [7, 11) is 0. The zero-order chi connectivity index (χ0) is 17.9. The van der Waals surface area contributed by atoms with Crippen LogP contribution in [0.5, 0.6) is 5.75 Å². The van der Waals surface area contributed by atoms with Crippen LogP contribution in [0.15, 0.2) is 24.3 Å². The summed E-state index contributed by atoms with van der Waals surface area (Å²) in [6, 6.07) is 7.20. The second kappa shape index (κ2) is 10.9. The van der Waals surface area contributed by atoms with Gasteiger partial charge in [0.25, 0.3) is 0 Å². The van der Waals surface area contributed by atoms with Crippen LogP contribution in [-0.2, 0) is 0 Å². The first-order valence-corrected chi connectivity index (χ1v) is 8.57. The van der Waals surface area contributed by atoms with Crippen LogP contribution >= 0.6 is 0 Å². The van der Waals surface area contributed by atoms with Gasteiger partial charge in [0.2, 0.25) is 0 Å². The van der Waals surface area contributed by atoms with Gasteiger partial charge in [-0.15, -0.1) is 0 Å². The van der Waals surface area contributed by atoms with Crippen molar-refractivity contribution in [1.29, 1.82) is 0 Å². The van der Waals surface area contributed by atoms with Gasteiger partial charge in [-0.3, -0.25) is 0 Å². The first-order valence-electron chi connectivity index (χ1n) is 8.57. The smallest absolute Gasteiger partial charge is 0.143 e. The highest BCUT2D eigenvalue weighted by Gasteiger charge is 2.14. The number of unbranched alkanes of at least 4 members (excludes halogenated alkanes) is 2. The number of rotatable bonds is 11. The van der Waals surface area contributed by atoms with Gasteiger partial charge >= 0.3 is 0 Å². The van der Waals surface area contributed by atoms with Crippen LogP contribution in [-0.4, -0.2) is 43.0 Å². The zero-order valence-corrected chi connectivity index (χ0v) is 14.8. The lowest BCUT2D eigenvalue weighted by atomic mass is 10.2. The lowest BCUT2D eigenvalue weighted by molar-refractivity contribution is -0.246. The first-order chi connectivity index (χ1) is 11.5. The van der Waals surface area contributed by atoms with E-state index in [4.69, 9.17) is 4.74 Å². The summed E-state index contributed by atoms with van der Waals surface area (Å²) in [5.41, 5.74) is 0.456. The molecule has 6 heteroatoms. The molecule has 0 aliphatic heterocycles. The van der Waals surface area contributed by atoms with E-state index >= 15 is 0 Å². The van der Waals surface area contributed by atoms with Crippen molar-refractivity contribution >= 4 is 11.8 Å². The molecule has 0 saturated heterocycles. The van der Waals surface area contributed by atoms with E-state index in [1.54, 1.807) is 24.3 Å². The highest BCUT2D eigenvalue weighted by Crippen LogP contribution is 2.28. The van der Waals surface area contributed by atoms with E-state index in [1.165, 1.54) is 4.90 Å². The van der Waals surface area contributed by atoms with Gasteiger partial charge in [0, 0.05) is 19.1 Å². The molecule has 24 heavy (non-hydrogen) atoms. The summed E-state index contributed by atoms with van der Waals surface area (Å²) >= 11 is 0. The van der Waals surface area contributed by atoms with Gasteiger partial charge in [-0.05, 0) is 18.6 Å². The molecule has 0 aromatic heterocycles. The minimum absolute atomic E-state index is 0.0899. The predicted molar refractivity (Wildman–Crippen MR) is 93.3 cm³/mol. The molecular weight excluding hydrogens is 308 g/mol. The Labute approximate surface area is 144 Å². The second-order valence-corrected chi connectivity index (χ2v) is 6.12. The molecule has 2 N–H and O–H groups in total. The molecule has 0 aliphatic carbocycles. The van der Waals surface area contributed by atoms with Gasteiger partial charge < -0.3 is 30.0 Å². The van der Waals surface area contributed by atoms with E-state index in [2.05, 4.69) is 12.2 Å². The van der Waals surface area contributed by atoms with Crippen molar-refractivity contribution in [3.63, 3.8) is 0 Å². The number of nitrogens with zero attached hydrogens (tertiary/aromatic N) is 1. The number of carbonyl (C=O) groups is 1. The quantitative estimate of drug-likeness (QED) is 0.601. The molecule has 1 rings (SSSR count). The normalized spacial score (nSPS) is 12.2. The Hall–Kier alpha value is -1.79. The summed E-state index contributed by atoms with van der Waals surface area (Å²) in [5.74, 6) is 0.432. The highest BCUT2D eigenvalue weighted by atomic mass is 16.5. The molecule has 0 radical (unpaired) electrons. The monoisotopic (exact) mass is 337 g/mol. The molecule has 0 fully saturated rings. The molecule has 0 heterocycles. The van der Waals surface area contributed by atoms with Crippen molar-refractivity contribution in [2.24, 2.45) is 0 Å². The molecule has 0 aliphatic rings. The molecule has 1 atom stereocenters. The third kappa shape index (κ3) is 7.19. The third-order valence-electron chi connectivity index (χ3n) is 3.55. The number of hydrogen-bond donors (Lipinski definition) is 2. The van der Waals surface area contributed by atoms with Gasteiger partial charge in [0.05, 0.1) is 5.69 Å². The number of aliphatic hydroxyl groups excluding tert-OH is 1. The van der Waals surface area contributed by atoms with Gasteiger partial charge in [-0.1, -0.05) is 45.7 Å². The number of carboxylic acid groups (broad SMARTS) is 1. The maximum Gasteiger partial charge on any atom is 0.143 e. The molecule has 0 bridgehead atoms. The molecule has 6 nitrogen and oxygen atoms in total. The Bertz CT molecular complexity index is 494. The van der Waals surface area contributed by atoms with Crippen LogP contribution < -0.4 is 20.1 Å². The van der Waals surface area contributed by atoms with E-state index < -0.39 is 12.2 Å². The molecule has 1 amide bonds. The van der Waals surface area contributed by atoms with E-state index in [-0.39, 0.29) is 12.6 Å². The number of aliphatic hydroxyl groups is 1. The number of carbonyl (C=O) groups excluding carboxylic acids is 1. The van der Waals surface area contributed by atoms with Crippen molar-refractivity contribution in [2.45, 2.75) is 52.2 Å². The average molecular weight is 337 g/mol. The predicted octanol–water partition coefficient (Wildman–Crippen LogP) is 1.76. The number of ether oxygens (including phenoxy) is 1. The fourth-order valence-corrected chi connectivity index (χ4v) is 2.25. The van der Waals surface area contributed by atoms with Crippen LogP contribution in [0.2, 0.25) is 0 Å². The Balaban J connectivity index is 2.72. The standard InChI is InChI=1S/C18H30N2O4/c1-4-5-8-11-20(18(22)23)16-9-6-7-10-17(16)24-13-15(21)12-19-14(2)3/h6-7,9-10,14-15,19,21H,4-5,8,11-13H2,1-3H3,(H,22,23)/p-1.